The zero-order chi connectivity index (χ0) is 8.27. The number of hydrogen-bond acceptors (Lipinski definition) is 2. The highest BCUT2D eigenvalue weighted by Crippen LogP contribution is 2.35. The Morgan fingerprint density at radius 1 is 1.64 bits per heavy atom. The minimum absolute atomic E-state index is 0.0669. The molecule has 3 unspecified atom stereocenters. The molecule has 5 heteroatoms. The van der Waals surface area contributed by atoms with E-state index in [0.717, 1.165) is 6.42 Å². The monoisotopic (exact) mass is 151 g/mol. The van der Waals surface area contributed by atoms with Crippen LogP contribution < -0.4 is 0 Å². The maximum Gasteiger partial charge on any atom is 0.0699 e. The highest BCUT2D eigenvalue weighted by molar-refractivity contribution is 6.11. The Kier molecular flexibility index (Phi) is 2.80. The Hall–Kier alpha value is -0.665. The van der Waals surface area contributed by atoms with Crippen molar-refractivity contribution in [1.29, 1.82) is 0 Å². The van der Waals surface area contributed by atoms with Crippen molar-refractivity contribution >= 4 is 7.85 Å². The summed E-state index contributed by atoms with van der Waals surface area (Å²) in [6.45, 7) is 0.0669. The van der Waals surface area contributed by atoms with E-state index in [2.05, 4.69) is 10.0 Å². The quantitative estimate of drug-likeness (QED) is 0.272. The van der Waals surface area contributed by atoms with Crippen molar-refractivity contribution in [2.24, 2.45) is 11.0 Å². The van der Waals surface area contributed by atoms with Crippen molar-refractivity contribution in [2.75, 3.05) is 6.61 Å². The van der Waals surface area contributed by atoms with E-state index in [1.807, 2.05) is 0 Å². The first-order valence-electron chi connectivity index (χ1n) is 3.68. The van der Waals surface area contributed by atoms with E-state index < -0.39 is 0 Å². The fraction of sp³-hybridized carbons (Fsp3) is 1.00. The molecular formula is C6H10BN3O. The van der Waals surface area contributed by atoms with E-state index in [0.29, 0.717) is 6.42 Å². The van der Waals surface area contributed by atoms with Crippen molar-refractivity contribution in [1.82, 2.24) is 0 Å². The van der Waals surface area contributed by atoms with Gasteiger partial charge in [0.2, 0.25) is 0 Å². The van der Waals surface area contributed by atoms with Crippen molar-refractivity contribution in [3.63, 3.8) is 0 Å². The molecule has 11 heavy (non-hydrogen) atoms. The third-order valence-corrected chi connectivity index (χ3v) is 2.13. The van der Waals surface area contributed by atoms with Gasteiger partial charge in [0.15, 0.2) is 0 Å². The van der Waals surface area contributed by atoms with Gasteiger partial charge in [0.1, 0.15) is 0 Å². The number of rotatable bonds is 2. The molecule has 2 radical (unpaired) electrons. The van der Waals surface area contributed by atoms with Crippen LogP contribution in [-0.2, 0) is 0 Å². The van der Waals surface area contributed by atoms with Gasteiger partial charge in [-0.3, -0.25) is 0 Å². The summed E-state index contributed by atoms with van der Waals surface area (Å²) in [4.78, 5) is 2.71. The Bertz CT molecular complexity index is 181. The van der Waals surface area contributed by atoms with E-state index in [1.54, 1.807) is 0 Å². The van der Waals surface area contributed by atoms with Gasteiger partial charge in [0.25, 0.3) is 0 Å². The molecule has 58 valence electrons. The second-order valence-electron chi connectivity index (χ2n) is 2.95. The number of azide groups is 1. The van der Waals surface area contributed by atoms with Crippen LogP contribution in [0.3, 0.4) is 0 Å². The van der Waals surface area contributed by atoms with Gasteiger partial charge in [-0.25, -0.2) is 0 Å². The minimum atomic E-state index is -0.0972. The van der Waals surface area contributed by atoms with Gasteiger partial charge in [-0.2, -0.15) is 0 Å². The maximum atomic E-state index is 8.84. The molecule has 1 aliphatic rings. The fourth-order valence-corrected chi connectivity index (χ4v) is 1.55. The Morgan fingerprint density at radius 3 is 2.91 bits per heavy atom. The van der Waals surface area contributed by atoms with Crippen LogP contribution in [0.2, 0.25) is 5.82 Å². The van der Waals surface area contributed by atoms with Gasteiger partial charge in [-0.05, 0) is 17.9 Å². The average molecular weight is 151 g/mol. The molecule has 1 saturated carbocycles. The fourth-order valence-electron chi connectivity index (χ4n) is 1.55. The van der Waals surface area contributed by atoms with Gasteiger partial charge in [-0.15, -0.1) is 0 Å². The van der Waals surface area contributed by atoms with E-state index in [-0.39, 0.29) is 24.4 Å². The van der Waals surface area contributed by atoms with Gasteiger partial charge in [-0.1, -0.05) is 17.4 Å². The summed E-state index contributed by atoms with van der Waals surface area (Å²) in [6.07, 6.45) is 1.47. The zero-order valence-electron chi connectivity index (χ0n) is 6.22. The molecule has 0 saturated heterocycles. The van der Waals surface area contributed by atoms with Crippen LogP contribution in [0.25, 0.3) is 10.4 Å². The molecule has 0 heterocycles. The highest BCUT2D eigenvalue weighted by atomic mass is 16.3. The lowest BCUT2D eigenvalue weighted by Gasteiger charge is -2.09. The van der Waals surface area contributed by atoms with E-state index >= 15 is 0 Å². The number of aliphatic hydroxyl groups is 1. The average Bonchev–Trinajstić information content (AvgIpc) is 2.32. The third-order valence-electron chi connectivity index (χ3n) is 2.13. The lowest BCUT2D eigenvalue weighted by Crippen LogP contribution is -2.14. The minimum Gasteiger partial charge on any atom is -0.396 e. The molecule has 0 aromatic carbocycles. The largest absolute Gasteiger partial charge is 0.396 e. The van der Waals surface area contributed by atoms with Crippen LogP contribution in [0, 0.1) is 5.92 Å². The van der Waals surface area contributed by atoms with Crippen LogP contribution in [0.15, 0.2) is 5.11 Å². The van der Waals surface area contributed by atoms with Crippen molar-refractivity contribution in [3.8, 4) is 0 Å². The maximum absolute atomic E-state index is 8.84. The predicted octanol–water partition coefficient (Wildman–Crippen LogP) is 1.02. The first-order chi connectivity index (χ1) is 5.27. The molecule has 0 aromatic heterocycles. The Morgan fingerprint density at radius 2 is 2.36 bits per heavy atom. The van der Waals surface area contributed by atoms with Gasteiger partial charge >= 0.3 is 0 Å². The molecule has 0 bridgehead atoms. The molecule has 1 N–H and O–H groups in total. The molecule has 0 spiro atoms. The van der Waals surface area contributed by atoms with Crippen LogP contribution in [0.4, 0.5) is 0 Å². The molecule has 0 aliphatic heterocycles. The predicted molar refractivity (Wildman–Crippen MR) is 42.2 cm³/mol. The highest BCUT2D eigenvalue weighted by Gasteiger charge is 2.29. The number of aliphatic hydroxyl groups excluding tert-OH is 1. The summed E-state index contributed by atoms with van der Waals surface area (Å²) in [5, 5.41) is 12.4. The summed E-state index contributed by atoms with van der Waals surface area (Å²) in [5.74, 6) is 0.156. The molecular weight excluding hydrogens is 141 g/mol. The molecule has 0 aromatic rings. The van der Waals surface area contributed by atoms with Crippen LogP contribution in [-0.4, -0.2) is 25.6 Å². The summed E-state index contributed by atoms with van der Waals surface area (Å²) in [6, 6.07) is -0.0972. The third kappa shape index (κ3) is 1.88. The van der Waals surface area contributed by atoms with Gasteiger partial charge in [0, 0.05) is 17.6 Å². The summed E-state index contributed by atoms with van der Waals surface area (Å²) in [5.41, 5.74) is 8.16. The lowest BCUT2D eigenvalue weighted by atomic mass is 9.85. The number of hydrogen-bond donors (Lipinski definition) is 1. The van der Waals surface area contributed by atoms with Crippen molar-refractivity contribution in [2.45, 2.75) is 24.7 Å². The van der Waals surface area contributed by atoms with Gasteiger partial charge in [0.05, 0.1) is 7.85 Å². The smallest absolute Gasteiger partial charge is 0.0699 e. The lowest BCUT2D eigenvalue weighted by molar-refractivity contribution is 0.218. The Labute approximate surface area is 66.6 Å². The van der Waals surface area contributed by atoms with Crippen LogP contribution in [0.1, 0.15) is 12.8 Å². The first kappa shape index (κ1) is 8.43. The zero-order valence-corrected chi connectivity index (χ0v) is 6.22. The summed E-state index contributed by atoms with van der Waals surface area (Å²) < 4.78 is 0. The summed E-state index contributed by atoms with van der Waals surface area (Å²) >= 11 is 0. The van der Waals surface area contributed by atoms with E-state index in [1.165, 1.54) is 0 Å². The molecule has 3 atom stereocenters. The van der Waals surface area contributed by atoms with Crippen molar-refractivity contribution < 1.29 is 5.11 Å². The van der Waals surface area contributed by atoms with Gasteiger partial charge < -0.3 is 5.11 Å². The second-order valence-corrected chi connectivity index (χ2v) is 2.95. The molecule has 0 amide bonds. The topological polar surface area (TPSA) is 69.0 Å². The van der Waals surface area contributed by atoms with E-state index in [4.69, 9.17) is 18.5 Å². The molecule has 4 nitrogen and oxygen atoms in total. The molecule has 1 rings (SSSR count). The number of nitrogens with zero attached hydrogens (tertiary/aromatic N) is 3. The standard InChI is InChI=1S/C6H10BN3O/c7-5-1-4(3-11)6(2-5)9-10-8/h4-6,11H,1-3H2. The van der Waals surface area contributed by atoms with E-state index in [9.17, 15) is 0 Å². The molecule has 1 aliphatic carbocycles. The van der Waals surface area contributed by atoms with Crippen LogP contribution in [0.5, 0.6) is 0 Å². The molecule has 1 fully saturated rings. The van der Waals surface area contributed by atoms with Crippen LogP contribution >= 0.6 is 0 Å². The first-order valence-corrected chi connectivity index (χ1v) is 3.68. The Balaban J connectivity index is 2.56. The van der Waals surface area contributed by atoms with Crippen molar-refractivity contribution in [3.05, 3.63) is 10.4 Å². The second kappa shape index (κ2) is 3.65. The SMILES string of the molecule is [B]C1CC(CO)C(N=[N+]=[N-])C1. The normalized spacial score (nSPS) is 36.6. The summed E-state index contributed by atoms with van der Waals surface area (Å²) in [7, 11) is 5.63.